The van der Waals surface area contributed by atoms with E-state index in [-0.39, 0.29) is 24.0 Å². The van der Waals surface area contributed by atoms with Crippen LogP contribution < -0.4 is 5.32 Å². The van der Waals surface area contributed by atoms with Gasteiger partial charge in [0, 0.05) is 32.1 Å². The molecule has 1 rings (SSSR count). The second-order valence-corrected chi connectivity index (χ2v) is 5.61. The smallest absolute Gasteiger partial charge is 0.193 e. The lowest BCUT2D eigenvalue weighted by molar-refractivity contribution is 0.477. The molecule has 18 heavy (non-hydrogen) atoms. The first-order valence-electron chi connectivity index (χ1n) is 6.07. The van der Waals surface area contributed by atoms with Gasteiger partial charge >= 0.3 is 0 Å². The summed E-state index contributed by atoms with van der Waals surface area (Å²) < 4.78 is 0. The van der Waals surface area contributed by atoms with Crippen LogP contribution in [0.5, 0.6) is 0 Å². The molecule has 104 valence electrons. The van der Waals surface area contributed by atoms with E-state index >= 15 is 0 Å². The number of guanidine groups is 1. The number of nitrogens with zero attached hydrogens (tertiary/aromatic N) is 2. The topological polar surface area (TPSA) is 27.6 Å². The zero-order valence-corrected chi connectivity index (χ0v) is 14.8. The molecule has 3 nitrogen and oxygen atoms in total. The Balaban J connectivity index is 0.00000289. The standard InChI is InChI=1S/C13H23N3S.HI/c1-11(2)10-15-13(14-3)16(4)8-7-12-6-5-9-17-12;/h5-6,9,11H,7-8,10H2,1-4H3,(H,14,15);1H. The summed E-state index contributed by atoms with van der Waals surface area (Å²) in [5, 5.41) is 5.50. The normalized spacial score (nSPS) is 11.3. The molecule has 0 bridgehead atoms. The number of rotatable bonds is 5. The Bertz CT molecular complexity index is 336. The van der Waals surface area contributed by atoms with E-state index in [0.29, 0.717) is 5.92 Å². The van der Waals surface area contributed by atoms with E-state index < -0.39 is 0 Å². The number of likely N-dealkylation sites (N-methyl/N-ethyl adjacent to an activating group) is 1. The first-order chi connectivity index (χ1) is 8.13. The van der Waals surface area contributed by atoms with Gasteiger partial charge in [0.05, 0.1) is 0 Å². The minimum Gasteiger partial charge on any atom is -0.356 e. The summed E-state index contributed by atoms with van der Waals surface area (Å²) in [6.07, 6.45) is 1.08. The highest BCUT2D eigenvalue weighted by Crippen LogP contribution is 2.09. The van der Waals surface area contributed by atoms with Crippen molar-refractivity contribution in [2.45, 2.75) is 20.3 Å². The first kappa shape index (κ1) is 17.7. The van der Waals surface area contributed by atoms with Crippen LogP contribution in [0.4, 0.5) is 0 Å². The van der Waals surface area contributed by atoms with Gasteiger partial charge in [-0.25, -0.2) is 0 Å². The molecule has 0 spiro atoms. The maximum Gasteiger partial charge on any atom is 0.193 e. The molecule has 0 saturated heterocycles. The predicted octanol–water partition coefficient (Wildman–Crippen LogP) is 3.07. The molecule has 0 unspecified atom stereocenters. The second kappa shape index (κ2) is 9.61. The van der Waals surface area contributed by atoms with Crippen LogP contribution in [-0.4, -0.2) is 38.0 Å². The Morgan fingerprint density at radius 2 is 2.22 bits per heavy atom. The van der Waals surface area contributed by atoms with Crippen molar-refractivity contribution in [3.63, 3.8) is 0 Å². The molecule has 1 N–H and O–H groups in total. The zero-order valence-electron chi connectivity index (χ0n) is 11.6. The Hall–Kier alpha value is -0.300. The van der Waals surface area contributed by atoms with Gasteiger partial charge in [-0.2, -0.15) is 0 Å². The van der Waals surface area contributed by atoms with Gasteiger partial charge in [-0.1, -0.05) is 19.9 Å². The van der Waals surface area contributed by atoms with Crippen LogP contribution in [0.2, 0.25) is 0 Å². The molecule has 0 aromatic carbocycles. The van der Waals surface area contributed by atoms with Crippen molar-refractivity contribution >= 4 is 41.3 Å². The van der Waals surface area contributed by atoms with Crippen molar-refractivity contribution in [3.8, 4) is 0 Å². The van der Waals surface area contributed by atoms with Crippen molar-refractivity contribution in [3.05, 3.63) is 22.4 Å². The number of hydrogen-bond donors (Lipinski definition) is 1. The SMILES string of the molecule is CN=C(NCC(C)C)N(C)CCc1cccs1.I. The zero-order chi connectivity index (χ0) is 12.7. The average Bonchev–Trinajstić information content (AvgIpc) is 2.79. The molecular formula is C13H24IN3S. The van der Waals surface area contributed by atoms with E-state index in [9.17, 15) is 0 Å². The molecule has 0 aliphatic heterocycles. The fourth-order valence-electron chi connectivity index (χ4n) is 1.52. The first-order valence-corrected chi connectivity index (χ1v) is 6.95. The summed E-state index contributed by atoms with van der Waals surface area (Å²) >= 11 is 1.82. The lowest BCUT2D eigenvalue weighted by Gasteiger charge is -2.22. The summed E-state index contributed by atoms with van der Waals surface area (Å²) in [4.78, 5) is 7.90. The van der Waals surface area contributed by atoms with E-state index in [2.05, 4.69) is 53.6 Å². The highest BCUT2D eigenvalue weighted by atomic mass is 127. The van der Waals surface area contributed by atoms with E-state index in [1.54, 1.807) is 0 Å². The molecular weight excluding hydrogens is 357 g/mol. The van der Waals surface area contributed by atoms with E-state index in [1.807, 2.05) is 18.4 Å². The summed E-state index contributed by atoms with van der Waals surface area (Å²) in [7, 11) is 3.92. The third kappa shape index (κ3) is 6.58. The van der Waals surface area contributed by atoms with E-state index in [4.69, 9.17) is 0 Å². The number of nitrogens with one attached hydrogen (secondary N) is 1. The molecule has 1 aromatic heterocycles. The fourth-order valence-corrected chi connectivity index (χ4v) is 2.22. The van der Waals surface area contributed by atoms with Crippen LogP contribution in [0.15, 0.2) is 22.5 Å². The third-order valence-electron chi connectivity index (χ3n) is 2.52. The Labute approximate surface area is 132 Å². The Kier molecular flexibility index (Phi) is 9.45. The van der Waals surface area contributed by atoms with E-state index in [0.717, 1.165) is 25.5 Å². The summed E-state index contributed by atoms with van der Waals surface area (Å²) in [5.41, 5.74) is 0. The summed E-state index contributed by atoms with van der Waals surface area (Å²) in [5.74, 6) is 1.62. The molecule has 0 amide bonds. The second-order valence-electron chi connectivity index (χ2n) is 4.57. The van der Waals surface area contributed by atoms with Crippen molar-refractivity contribution in [2.24, 2.45) is 10.9 Å². The molecule has 0 radical (unpaired) electrons. The number of aliphatic imine (C=N–C) groups is 1. The van der Waals surface area contributed by atoms with Gasteiger partial charge in [-0.05, 0) is 23.8 Å². The van der Waals surface area contributed by atoms with Gasteiger partial charge in [-0.3, -0.25) is 4.99 Å². The number of thiophene rings is 1. The molecule has 0 aliphatic rings. The molecule has 0 fully saturated rings. The minimum absolute atomic E-state index is 0. The number of hydrogen-bond acceptors (Lipinski definition) is 2. The highest BCUT2D eigenvalue weighted by Gasteiger charge is 2.06. The van der Waals surface area contributed by atoms with Gasteiger partial charge in [0.1, 0.15) is 0 Å². The van der Waals surface area contributed by atoms with Gasteiger partial charge in [0.2, 0.25) is 0 Å². The van der Waals surface area contributed by atoms with Crippen molar-refractivity contribution in [2.75, 3.05) is 27.2 Å². The summed E-state index contributed by atoms with van der Waals surface area (Å²) in [6, 6.07) is 4.29. The largest absolute Gasteiger partial charge is 0.356 e. The monoisotopic (exact) mass is 381 g/mol. The molecule has 0 atom stereocenters. The molecule has 1 heterocycles. The van der Waals surface area contributed by atoms with Crippen LogP contribution in [-0.2, 0) is 6.42 Å². The molecule has 0 saturated carbocycles. The van der Waals surface area contributed by atoms with Gasteiger partial charge in [0.15, 0.2) is 5.96 Å². The van der Waals surface area contributed by atoms with Crippen LogP contribution in [0, 0.1) is 5.92 Å². The van der Waals surface area contributed by atoms with E-state index in [1.165, 1.54) is 4.88 Å². The third-order valence-corrected chi connectivity index (χ3v) is 3.45. The van der Waals surface area contributed by atoms with Crippen LogP contribution in [0.25, 0.3) is 0 Å². The summed E-state index contributed by atoms with van der Waals surface area (Å²) in [6.45, 7) is 6.37. The molecule has 0 aliphatic carbocycles. The maximum absolute atomic E-state index is 4.29. The van der Waals surface area contributed by atoms with Crippen LogP contribution in [0.3, 0.4) is 0 Å². The lowest BCUT2D eigenvalue weighted by atomic mass is 10.2. The highest BCUT2D eigenvalue weighted by molar-refractivity contribution is 14.0. The lowest BCUT2D eigenvalue weighted by Crippen LogP contribution is -2.41. The number of halogens is 1. The van der Waals surface area contributed by atoms with Gasteiger partial charge < -0.3 is 10.2 Å². The van der Waals surface area contributed by atoms with Crippen LogP contribution >= 0.6 is 35.3 Å². The van der Waals surface area contributed by atoms with Crippen LogP contribution in [0.1, 0.15) is 18.7 Å². The van der Waals surface area contributed by atoms with Crippen molar-refractivity contribution < 1.29 is 0 Å². The average molecular weight is 381 g/mol. The molecule has 5 heteroatoms. The minimum atomic E-state index is 0. The van der Waals surface area contributed by atoms with Gasteiger partial charge in [0.25, 0.3) is 0 Å². The fraction of sp³-hybridized carbons (Fsp3) is 0.615. The van der Waals surface area contributed by atoms with Crippen molar-refractivity contribution in [1.29, 1.82) is 0 Å². The van der Waals surface area contributed by atoms with Gasteiger partial charge in [-0.15, -0.1) is 35.3 Å². The molecule has 1 aromatic rings. The quantitative estimate of drug-likeness (QED) is 0.482. The predicted molar refractivity (Wildman–Crippen MR) is 92.3 cm³/mol. The maximum atomic E-state index is 4.29. The Morgan fingerprint density at radius 3 is 2.72 bits per heavy atom. The van der Waals surface area contributed by atoms with Crippen molar-refractivity contribution in [1.82, 2.24) is 10.2 Å². The Morgan fingerprint density at radius 1 is 1.50 bits per heavy atom.